The lowest BCUT2D eigenvalue weighted by molar-refractivity contribution is 0.00552. The van der Waals surface area contributed by atoms with Crippen LogP contribution < -0.4 is 0 Å². The molecule has 2 aliphatic heterocycles. The van der Waals surface area contributed by atoms with Crippen molar-refractivity contribution >= 4 is 0 Å². The summed E-state index contributed by atoms with van der Waals surface area (Å²) in [4.78, 5) is 0. The Bertz CT molecular complexity index is 405. The third-order valence-corrected chi connectivity index (χ3v) is 3.94. The summed E-state index contributed by atoms with van der Waals surface area (Å²) in [7, 11) is 0. The lowest BCUT2D eigenvalue weighted by Crippen LogP contribution is -2.29. The van der Waals surface area contributed by atoms with Gasteiger partial charge in [-0.1, -0.05) is 13.8 Å². The monoisotopic (exact) mass is 235 g/mol. The molecule has 4 heteroatoms. The summed E-state index contributed by atoms with van der Waals surface area (Å²) < 4.78 is 8.14. The molecular weight excluding hydrogens is 214 g/mol. The molecule has 0 bridgehead atoms. The minimum Gasteiger partial charge on any atom is -0.370 e. The standard InChI is InChI=1S/C13H21N3O/c1-13(2)7-6-11-14-15-12(16(11)9-13)10-5-3-4-8-17-10/h10H,3-9H2,1-2H3. The van der Waals surface area contributed by atoms with E-state index in [2.05, 4.69) is 28.6 Å². The molecule has 1 atom stereocenters. The van der Waals surface area contributed by atoms with Crippen molar-refractivity contribution in [1.29, 1.82) is 0 Å². The van der Waals surface area contributed by atoms with Crippen LogP contribution >= 0.6 is 0 Å². The van der Waals surface area contributed by atoms with Crippen molar-refractivity contribution in [3.05, 3.63) is 11.6 Å². The highest BCUT2D eigenvalue weighted by molar-refractivity contribution is 5.04. The van der Waals surface area contributed by atoms with Crippen molar-refractivity contribution in [2.45, 2.75) is 58.6 Å². The number of nitrogens with zero attached hydrogens (tertiary/aromatic N) is 3. The second-order valence-electron chi connectivity index (χ2n) is 6.08. The van der Waals surface area contributed by atoms with Gasteiger partial charge in [0.25, 0.3) is 0 Å². The minimum atomic E-state index is 0.180. The highest BCUT2D eigenvalue weighted by Crippen LogP contribution is 2.34. The van der Waals surface area contributed by atoms with Gasteiger partial charge >= 0.3 is 0 Å². The fourth-order valence-electron chi connectivity index (χ4n) is 2.85. The van der Waals surface area contributed by atoms with Gasteiger partial charge in [-0.05, 0) is 31.1 Å². The van der Waals surface area contributed by atoms with Gasteiger partial charge in [-0.2, -0.15) is 0 Å². The fourth-order valence-corrected chi connectivity index (χ4v) is 2.85. The number of hydrogen-bond donors (Lipinski definition) is 0. The number of fused-ring (bicyclic) bond motifs is 1. The fraction of sp³-hybridized carbons (Fsp3) is 0.846. The van der Waals surface area contributed by atoms with Crippen LogP contribution in [0.25, 0.3) is 0 Å². The quantitative estimate of drug-likeness (QED) is 0.750. The first kappa shape index (κ1) is 11.2. The highest BCUT2D eigenvalue weighted by Gasteiger charge is 2.31. The molecule has 3 heterocycles. The summed E-state index contributed by atoms with van der Waals surface area (Å²) in [6, 6.07) is 0. The van der Waals surface area contributed by atoms with Crippen molar-refractivity contribution in [2.24, 2.45) is 5.41 Å². The van der Waals surface area contributed by atoms with E-state index in [0.717, 1.165) is 37.6 Å². The third-order valence-electron chi connectivity index (χ3n) is 3.94. The van der Waals surface area contributed by atoms with Crippen LogP contribution in [-0.2, 0) is 17.7 Å². The van der Waals surface area contributed by atoms with Gasteiger partial charge in [0.1, 0.15) is 11.9 Å². The normalized spacial score (nSPS) is 27.8. The maximum Gasteiger partial charge on any atom is 0.162 e. The summed E-state index contributed by atoms with van der Waals surface area (Å²) >= 11 is 0. The Labute approximate surface area is 102 Å². The van der Waals surface area contributed by atoms with Crippen molar-refractivity contribution < 1.29 is 4.74 Å². The largest absolute Gasteiger partial charge is 0.370 e. The number of hydrogen-bond acceptors (Lipinski definition) is 3. The highest BCUT2D eigenvalue weighted by atomic mass is 16.5. The topological polar surface area (TPSA) is 39.9 Å². The molecule has 4 nitrogen and oxygen atoms in total. The van der Waals surface area contributed by atoms with E-state index in [9.17, 15) is 0 Å². The Balaban J connectivity index is 1.88. The average molecular weight is 235 g/mol. The van der Waals surface area contributed by atoms with Crippen LogP contribution in [0.4, 0.5) is 0 Å². The van der Waals surface area contributed by atoms with Crippen LogP contribution in [-0.4, -0.2) is 21.4 Å². The Morgan fingerprint density at radius 3 is 2.94 bits per heavy atom. The number of rotatable bonds is 1. The molecule has 0 spiro atoms. The molecule has 1 saturated heterocycles. The lowest BCUT2D eigenvalue weighted by atomic mass is 9.85. The summed E-state index contributed by atoms with van der Waals surface area (Å²) in [5.41, 5.74) is 0.360. The summed E-state index contributed by atoms with van der Waals surface area (Å²) in [6.45, 7) is 6.55. The summed E-state index contributed by atoms with van der Waals surface area (Å²) in [5, 5.41) is 8.71. The lowest BCUT2D eigenvalue weighted by Gasteiger charge is -2.32. The SMILES string of the molecule is CC1(C)CCc2nnc(C3CCCCO3)n2C1. The molecular formula is C13H21N3O. The molecule has 2 aliphatic rings. The van der Waals surface area contributed by atoms with Crippen LogP contribution in [0, 0.1) is 5.41 Å². The first-order valence-corrected chi connectivity index (χ1v) is 6.69. The number of ether oxygens (including phenoxy) is 1. The molecule has 0 radical (unpaired) electrons. The van der Waals surface area contributed by atoms with Gasteiger partial charge in [0, 0.05) is 19.6 Å². The predicted octanol–water partition coefficient (Wildman–Crippen LogP) is 2.49. The molecule has 1 fully saturated rings. The van der Waals surface area contributed by atoms with Gasteiger partial charge in [0.2, 0.25) is 0 Å². The van der Waals surface area contributed by atoms with Crippen LogP contribution in [0.15, 0.2) is 0 Å². The third kappa shape index (κ3) is 2.10. The second-order valence-corrected chi connectivity index (χ2v) is 6.08. The number of aryl methyl sites for hydroxylation is 1. The van der Waals surface area contributed by atoms with Gasteiger partial charge in [0.15, 0.2) is 5.82 Å². The van der Waals surface area contributed by atoms with E-state index in [0.29, 0.717) is 5.41 Å². The van der Waals surface area contributed by atoms with E-state index in [1.165, 1.54) is 19.3 Å². The molecule has 1 aromatic rings. The molecule has 0 amide bonds. The van der Waals surface area contributed by atoms with Crippen LogP contribution in [0.5, 0.6) is 0 Å². The zero-order valence-corrected chi connectivity index (χ0v) is 10.8. The molecule has 0 N–H and O–H groups in total. The van der Waals surface area contributed by atoms with Crippen LogP contribution in [0.2, 0.25) is 0 Å². The molecule has 0 saturated carbocycles. The molecule has 1 unspecified atom stereocenters. The van der Waals surface area contributed by atoms with E-state index < -0.39 is 0 Å². The molecule has 94 valence electrons. The first-order valence-electron chi connectivity index (χ1n) is 6.69. The maximum atomic E-state index is 5.83. The van der Waals surface area contributed by atoms with Crippen molar-refractivity contribution in [1.82, 2.24) is 14.8 Å². The van der Waals surface area contributed by atoms with E-state index in [1.54, 1.807) is 0 Å². The zero-order valence-electron chi connectivity index (χ0n) is 10.8. The van der Waals surface area contributed by atoms with Crippen molar-refractivity contribution in [2.75, 3.05) is 6.61 Å². The van der Waals surface area contributed by atoms with E-state index in [1.807, 2.05) is 0 Å². The summed E-state index contributed by atoms with van der Waals surface area (Å²) in [5.74, 6) is 2.21. The molecule has 17 heavy (non-hydrogen) atoms. The van der Waals surface area contributed by atoms with E-state index in [4.69, 9.17) is 4.74 Å². The molecule has 1 aromatic heterocycles. The van der Waals surface area contributed by atoms with Gasteiger partial charge in [0.05, 0.1) is 0 Å². The van der Waals surface area contributed by atoms with Gasteiger partial charge < -0.3 is 9.30 Å². The minimum absolute atomic E-state index is 0.180. The van der Waals surface area contributed by atoms with Gasteiger partial charge in [-0.3, -0.25) is 0 Å². The Kier molecular flexibility index (Phi) is 2.69. The predicted molar refractivity (Wildman–Crippen MR) is 64.7 cm³/mol. The van der Waals surface area contributed by atoms with Crippen LogP contribution in [0.3, 0.4) is 0 Å². The maximum absolute atomic E-state index is 5.83. The van der Waals surface area contributed by atoms with Crippen LogP contribution in [0.1, 0.15) is 57.3 Å². The second kappa shape index (κ2) is 4.09. The number of aromatic nitrogens is 3. The molecule has 0 aromatic carbocycles. The van der Waals surface area contributed by atoms with Crippen molar-refractivity contribution in [3.63, 3.8) is 0 Å². The van der Waals surface area contributed by atoms with E-state index >= 15 is 0 Å². The zero-order chi connectivity index (χ0) is 11.9. The average Bonchev–Trinajstić information content (AvgIpc) is 2.71. The summed E-state index contributed by atoms with van der Waals surface area (Å²) in [6.07, 6.45) is 5.96. The van der Waals surface area contributed by atoms with Gasteiger partial charge in [-0.15, -0.1) is 10.2 Å². The Hall–Kier alpha value is -0.900. The Morgan fingerprint density at radius 1 is 1.29 bits per heavy atom. The van der Waals surface area contributed by atoms with Gasteiger partial charge in [-0.25, -0.2) is 0 Å². The first-order chi connectivity index (χ1) is 8.16. The van der Waals surface area contributed by atoms with Crippen molar-refractivity contribution in [3.8, 4) is 0 Å². The van der Waals surface area contributed by atoms with E-state index in [-0.39, 0.29) is 6.10 Å². The smallest absolute Gasteiger partial charge is 0.162 e. The molecule has 0 aliphatic carbocycles. The Morgan fingerprint density at radius 2 is 2.18 bits per heavy atom. The molecule has 3 rings (SSSR count).